The minimum absolute atomic E-state index is 0.0466. The fraction of sp³-hybridized carbons (Fsp3) is 0.286. The van der Waals surface area contributed by atoms with Crippen LogP contribution in [0.1, 0.15) is 52.8 Å². The lowest BCUT2D eigenvalue weighted by molar-refractivity contribution is 0.0927. The number of aromatic nitrogens is 1. The van der Waals surface area contributed by atoms with E-state index in [0.29, 0.717) is 21.9 Å². The van der Waals surface area contributed by atoms with Gasteiger partial charge in [-0.05, 0) is 55.3 Å². The molecule has 4 N–H and O–H groups in total. The number of fused-ring (bicyclic) bond motifs is 1. The van der Waals surface area contributed by atoms with Gasteiger partial charge in [-0.25, -0.2) is 4.98 Å². The molecular weight excluding hydrogens is 372 g/mol. The molecule has 0 bridgehead atoms. The van der Waals surface area contributed by atoms with Crippen LogP contribution in [0.4, 0.5) is 10.8 Å². The molecule has 28 heavy (non-hydrogen) atoms. The molecule has 1 aliphatic rings. The third-order valence-electron chi connectivity index (χ3n) is 4.98. The van der Waals surface area contributed by atoms with Crippen molar-refractivity contribution in [1.82, 2.24) is 10.3 Å². The first-order valence-corrected chi connectivity index (χ1v) is 10.3. The predicted molar refractivity (Wildman–Crippen MR) is 113 cm³/mol. The summed E-state index contributed by atoms with van der Waals surface area (Å²) in [4.78, 5) is 29.3. The summed E-state index contributed by atoms with van der Waals surface area (Å²) >= 11 is 1.35. The second-order valence-corrected chi connectivity index (χ2v) is 8.12. The minimum atomic E-state index is -0.241. The molecule has 6 nitrogen and oxygen atoms in total. The maximum atomic E-state index is 12.5. The highest BCUT2D eigenvalue weighted by Gasteiger charge is 2.17. The first-order chi connectivity index (χ1) is 13.6. The quantitative estimate of drug-likeness (QED) is 0.578. The number of nitrogens with zero attached hydrogens (tertiary/aromatic N) is 1. The Morgan fingerprint density at radius 1 is 0.964 bits per heavy atom. The van der Waals surface area contributed by atoms with E-state index in [9.17, 15) is 9.59 Å². The van der Waals surface area contributed by atoms with E-state index in [2.05, 4.69) is 15.6 Å². The normalized spacial score (nSPS) is 14.7. The van der Waals surface area contributed by atoms with Gasteiger partial charge in [-0.15, -0.1) is 0 Å². The van der Waals surface area contributed by atoms with Crippen molar-refractivity contribution in [3.63, 3.8) is 0 Å². The average Bonchev–Trinajstić information content (AvgIpc) is 3.10. The zero-order valence-corrected chi connectivity index (χ0v) is 16.2. The van der Waals surface area contributed by atoms with Gasteiger partial charge in [0.15, 0.2) is 5.13 Å². The number of amides is 2. The molecule has 3 aromatic rings. The summed E-state index contributed by atoms with van der Waals surface area (Å²) < 4.78 is 0.865. The van der Waals surface area contributed by atoms with Crippen LogP contribution in [0.2, 0.25) is 0 Å². The number of nitrogen functional groups attached to an aromatic ring is 1. The van der Waals surface area contributed by atoms with Crippen LogP contribution in [0.5, 0.6) is 0 Å². The van der Waals surface area contributed by atoms with Gasteiger partial charge >= 0.3 is 0 Å². The maximum Gasteiger partial charge on any atom is 0.257 e. The second kappa shape index (κ2) is 7.98. The van der Waals surface area contributed by atoms with Gasteiger partial charge in [0, 0.05) is 22.9 Å². The van der Waals surface area contributed by atoms with Crippen molar-refractivity contribution in [2.24, 2.45) is 0 Å². The van der Waals surface area contributed by atoms with E-state index in [-0.39, 0.29) is 17.9 Å². The highest BCUT2D eigenvalue weighted by Crippen LogP contribution is 2.27. The van der Waals surface area contributed by atoms with Crippen molar-refractivity contribution in [3.05, 3.63) is 53.6 Å². The highest BCUT2D eigenvalue weighted by molar-refractivity contribution is 7.22. The number of thiazole rings is 1. The number of carbonyl (C=O) groups is 2. The molecule has 0 aliphatic heterocycles. The lowest BCUT2D eigenvalue weighted by atomic mass is 9.95. The van der Waals surface area contributed by atoms with Crippen LogP contribution in [0.15, 0.2) is 42.5 Å². The summed E-state index contributed by atoms with van der Waals surface area (Å²) in [5.74, 6) is -0.288. The van der Waals surface area contributed by atoms with Crippen molar-refractivity contribution in [3.8, 4) is 0 Å². The standard InChI is InChI=1S/C21H22N4O2S/c22-15-9-6-13(7-10-15)19(26)25-21-24-17-11-8-14(12-18(17)28-21)20(27)23-16-4-2-1-3-5-16/h6-12,16H,1-5,22H2,(H,23,27)(H,24,25,26). The number of hydrogen-bond acceptors (Lipinski definition) is 5. The molecule has 1 fully saturated rings. The van der Waals surface area contributed by atoms with E-state index >= 15 is 0 Å². The third-order valence-corrected chi connectivity index (χ3v) is 5.92. The zero-order chi connectivity index (χ0) is 19.5. The third kappa shape index (κ3) is 4.14. The number of carbonyl (C=O) groups excluding carboxylic acids is 2. The van der Waals surface area contributed by atoms with Crippen molar-refractivity contribution in [1.29, 1.82) is 0 Å². The Morgan fingerprint density at radius 2 is 1.68 bits per heavy atom. The van der Waals surface area contributed by atoms with Crippen molar-refractivity contribution < 1.29 is 9.59 Å². The van der Waals surface area contributed by atoms with Crippen LogP contribution >= 0.6 is 11.3 Å². The fourth-order valence-electron chi connectivity index (χ4n) is 3.44. The summed E-state index contributed by atoms with van der Waals surface area (Å²) in [5.41, 5.74) is 8.15. The van der Waals surface area contributed by atoms with Gasteiger partial charge in [-0.2, -0.15) is 0 Å². The zero-order valence-electron chi connectivity index (χ0n) is 15.4. The molecular formula is C21H22N4O2S. The van der Waals surface area contributed by atoms with Gasteiger partial charge < -0.3 is 11.1 Å². The fourth-order valence-corrected chi connectivity index (χ4v) is 4.34. The van der Waals surface area contributed by atoms with Gasteiger partial charge in [0.2, 0.25) is 0 Å². The van der Waals surface area contributed by atoms with Gasteiger partial charge in [0.05, 0.1) is 10.2 Å². The molecule has 0 atom stereocenters. The van der Waals surface area contributed by atoms with E-state index in [1.165, 1.54) is 30.6 Å². The van der Waals surface area contributed by atoms with Crippen LogP contribution in [0, 0.1) is 0 Å². The Labute approximate surface area is 167 Å². The summed E-state index contributed by atoms with van der Waals surface area (Å²) in [6.07, 6.45) is 5.71. The monoisotopic (exact) mass is 394 g/mol. The number of hydrogen-bond donors (Lipinski definition) is 3. The molecule has 0 unspecified atom stereocenters. The Bertz CT molecular complexity index is 1010. The van der Waals surface area contributed by atoms with Gasteiger partial charge in [0.1, 0.15) is 0 Å². The molecule has 1 aromatic heterocycles. The van der Waals surface area contributed by atoms with Crippen molar-refractivity contribution in [2.45, 2.75) is 38.1 Å². The molecule has 144 valence electrons. The lowest BCUT2D eigenvalue weighted by Gasteiger charge is -2.22. The van der Waals surface area contributed by atoms with Gasteiger partial charge in [0.25, 0.3) is 11.8 Å². The first kappa shape index (κ1) is 18.4. The Kier molecular flexibility index (Phi) is 5.25. The Morgan fingerprint density at radius 3 is 2.43 bits per heavy atom. The van der Waals surface area contributed by atoms with Crippen molar-refractivity contribution in [2.75, 3.05) is 11.1 Å². The Hall–Kier alpha value is -2.93. The lowest BCUT2D eigenvalue weighted by Crippen LogP contribution is -2.36. The van der Waals surface area contributed by atoms with Crippen molar-refractivity contribution >= 4 is 44.2 Å². The molecule has 0 spiro atoms. The van der Waals surface area contributed by atoms with E-state index in [0.717, 1.165) is 23.1 Å². The van der Waals surface area contributed by atoms with Crippen LogP contribution < -0.4 is 16.4 Å². The number of benzene rings is 2. The molecule has 4 rings (SSSR count). The van der Waals surface area contributed by atoms with Crippen LogP contribution in [0.3, 0.4) is 0 Å². The SMILES string of the molecule is Nc1ccc(C(=O)Nc2nc3ccc(C(=O)NC4CCCCC4)cc3s2)cc1. The van der Waals surface area contributed by atoms with E-state index in [4.69, 9.17) is 5.73 Å². The molecule has 7 heteroatoms. The summed E-state index contributed by atoms with van der Waals surface area (Å²) in [5, 5.41) is 6.44. The first-order valence-electron chi connectivity index (χ1n) is 9.47. The molecule has 1 aliphatic carbocycles. The number of rotatable bonds is 4. The smallest absolute Gasteiger partial charge is 0.257 e. The highest BCUT2D eigenvalue weighted by atomic mass is 32.1. The molecule has 2 aromatic carbocycles. The second-order valence-electron chi connectivity index (χ2n) is 7.09. The molecule has 0 saturated heterocycles. The summed E-state index contributed by atoms with van der Waals surface area (Å²) in [7, 11) is 0. The van der Waals surface area contributed by atoms with E-state index < -0.39 is 0 Å². The molecule has 0 radical (unpaired) electrons. The van der Waals surface area contributed by atoms with E-state index in [1.54, 1.807) is 30.3 Å². The minimum Gasteiger partial charge on any atom is -0.399 e. The van der Waals surface area contributed by atoms with Crippen LogP contribution in [-0.4, -0.2) is 22.8 Å². The average molecular weight is 395 g/mol. The summed E-state index contributed by atoms with van der Waals surface area (Å²) in [6, 6.07) is 12.4. The van der Waals surface area contributed by atoms with Crippen LogP contribution in [0.25, 0.3) is 10.2 Å². The predicted octanol–water partition coefficient (Wildman–Crippen LogP) is 4.19. The number of nitrogens with two attached hydrogens (primary N) is 1. The maximum absolute atomic E-state index is 12.5. The molecule has 1 saturated carbocycles. The Balaban J connectivity index is 1.47. The molecule has 2 amide bonds. The van der Waals surface area contributed by atoms with E-state index in [1.807, 2.05) is 12.1 Å². The number of anilines is 2. The van der Waals surface area contributed by atoms with Gasteiger partial charge in [-0.1, -0.05) is 30.6 Å². The van der Waals surface area contributed by atoms with Gasteiger partial charge in [-0.3, -0.25) is 14.9 Å². The summed E-state index contributed by atoms with van der Waals surface area (Å²) in [6.45, 7) is 0. The number of nitrogens with one attached hydrogen (secondary N) is 2. The molecule has 1 heterocycles. The van der Waals surface area contributed by atoms with Crippen LogP contribution in [-0.2, 0) is 0 Å². The topological polar surface area (TPSA) is 97.1 Å². The largest absolute Gasteiger partial charge is 0.399 e.